The Kier molecular flexibility index (Phi) is 6.70. The zero-order valence-corrected chi connectivity index (χ0v) is 14.4. The number of anilines is 1. The topological polar surface area (TPSA) is 90.5 Å². The minimum Gasteiger partial charge on any atom is -0.339 e. The van der Waals surface area contributed by atoms with Crippen LogP contribution in [0.3, 0.4) is 0 Å². The highest BCUT2D eigenvalue weighted by Gasteiger charge is 2.29. The predicted octanol–water partition coefficient (Wildman–Crippen LogP) is -0.205. The van der Waals surface area contributed by atoms with Crippen molar-refractivity contribution in [1.82, 2.24) is 25.3 Å². The summed E-state index contributed by atoms with van der Waals surface area (Å²) in [4.78, 5) is 28.2. The molecule has 0 saturated carbocycles. The Hall–Kier alpha value is -1.29. The van der Waals surface area contributed by atoms with Crippen molar-refractivity contribution in [1.29, 1.82) is 0 Å². The summed E-state index contributed by atoms with van der Waals surface area (Å²) in [6, 6.07) is -0.00717. The molecule has 0 aromatic carbocycles. The van der Waals surface area contributed by atoms with E-state index in [1.54, 1.807) is 5.51 Å². The number of rotatable bonds is 4. The van der Waals surface area contributed by atoms with Crippen LogP contribution in [0.1, 0.15) is 12.8 Å². The molecule has 0 bridgehead atoms. The van der Waals surface area contributed by atoms with E-state index in [2.05, 4.69) is 25.7 Å². The van der Waals surface area contributed by atoms with Crippen molar-refractivity contribution in [3.63, 3.8) is 0 Å². The molecule has 2 fully saturated rings. The van der Waals surface area contributed by atoms with Gasteiger partial charge < -0.3 is 10.2 Å². The van der Waals surface area contributed by atoms with Gasteiger partial charge in [-0.1, -0.05) is 11.3 Å². The molecule has 10 heteroatoms. The molecule has 1 aromatic heterocycles. The summed E-state index contributed by atoms with van der Waals surface area (Å²) in [7, 11) is 0. The van der Waals surface area contributed by atoms with Crippen LogP contribution in [0.5, 0.6) is 0 Å². The smallest absolute Gasteiger partial charge is 0.240 e. The van der Waals surface area contributed by atoms with Crippen LogP contribution in [-0.2, 0) is 9.59 Å². The molecule has 3 rings (SSSR count). The number of halogens is 1. The second kappa shape index (κ2) is 8.53. The van der Waals surface area contributed by atoms with E-state index < -0.39 is 0 Å². The Morgan fingerprint density at radius 2 is 2.13 bits per heavy atom. The fraction of sp³-hybridized carbons (Fsp3) is 0.692. The van der Waals surface area contributed by atoms with Crippen LogP contribution in [0.25, 0.3) is 0 Å². The van der Waals surface area contributed by atoms with Crippen molar-refractivity contribution in [3.05, 3.63) is 5.51 Å². The van der Waals surface area contributed by atoms with Crippen LogP contribution in [0, 0.1) is 0 Å². The van der Waals surface area contributed by atoms with Gasteiger partial charge in [-0.05, 0) is 19.4 Å². The summed E-state index contributed by atoms with van der Waals surface area (Å²) in [5, 5.41) is 13.9. The standard InChI is InChI=1S/C13H20N6O2S.ClH/c20-11(16-13-17-15-9-22-13)8-18-4-6-19(7-5-18)12(21)10-2-1-3-14-10;/h9-10,14H,1-8H2,(H,16,17,20);1H. The Morgan fingerprint density at radius 3 is 2.74 bits per heavy atom. The molecule has 2 saturated heterocycles. The van der Waals surface area contributed by atoms with Crippen molar-refractivity contribution < 1.29 is 9.59 Å². The van der Waals surface area contributed by atoms with E-state index in [9.17, 15) is 9.59 Å². The van der Waals surface area contributed by atoms with E-state index in [4.69, 9.17) is 0 Å². The maximum Gasteiger partial charge on any atom is 0.240 e. The molecule has 1 aromatic rings. The lowest BCUT2D eigenvalue weighted by atomic mass is 10.2. The molecule has 8 nitrogen and oxygen atoms in total. The average molecular weight is 361 g/mol. The summed E-state index contributed by atoms with van der Waals surface area (Å²) in [6.07, 6.45) is 2.01. The highest BCUT2D eigenvalue weighted by molar-refractivity contribution is 7.13. The van der Waals surface area contributed by atoms with Crippen LogP contribution in [-0.4, -0.2) is 77.1 Å². The number of nitrogens with zero attached hydrogens (tertiary/aromatic N) is 4. The second-order valence-electron chi connectivity index (χ2n) is 5.54. The SMILES string of the molecule is Cl.O=C(CN1CCN(C(=O)C2CCCN2)CC1)Nc1nncs1. The lowest BCUT2D eigenvalue weighted by Gasteiger charge is -2.35. The van der Waals surface area contributed by atoms with E-state index in [0.717, 1.165) is 32.5 Å². The van der Waals surface area contributed by atoms with Crippen LogP contribution in [0.2, 0.25) is 0 Å². The maximum absolute atomic E-state index is 12.3. The van der Waals surface area contributed by atoms with Crippen molar-refractivity contribution in [3.8, 4) is 0 Å². The molecule has 2 N–H and O–H groups in total. The largest absolute Gasteiger partial charge is 0.339 e. The van der Waals surface area contributed by atoms with Crippen LogP contribution >= 0.6 is 23.7 Å². The summed E-state index contributed by atoms with van der Waals surface area (Å²) in [5.41, 5.74) is 1.58. The fourth-order valence-corrected chi connectivity index (χ4v) is 3.29. The first kappa shape index (κ1) is 18.1. The van der Waals surface area contributed by atoms with E-state index >= 15 is 0 Å². The molecule has 23 heavy (non-hydrogen) atoms. The van der Waals surface area contributed by atoms with Gasteiger partial charge in [0, 0.05) is 26.2 Å². The lowest BCUT2D eigenvalue weighted by Crippen LogP contribution is -2.54. The highest BCUT2D eigenvalue weighted by Crippen LogP contribution is 2.12. The molecular weight excluding hydrogens is 340 g/mol. The Morgan fingerprint density at radius 1 is 1.35 bits per heavy atom. The van der Waals surface area contributed by atoms with Gasteiger partial charge in [0.15, 0.2) is 0 Å². The average Bonchev–Trinajstić information content (AvgIpc) is 3.20. The summed E-state index contributed by atoms with van der Waals surface area (Å²) in [6.45, 7) is 4.07. The van der Waals surface area contributed by atoms with Crippen LogP contribution in [0.15, 0.2) is 5.51 Å². The van der Waals surface area contributed by atoms with E-state index in [0.29, 0.717) is 24.8 Å². The molecule has 0 spiro atoms. The number of hydrogen-bond acceptors (Lipinski definition) is 7. The molecule has 0 radical (unpaired) electrons. The minimum atomic E-state index is -0.0889. The third-order valence-corrected chi connectivity index (χ3v) is 4.62. The van der Waals surface area contributed by atoms with Gasteiger partial charge in [0.1, 0.15) is 5.51 Å². The number of carbonyl (C=O) groups is 2. The molecule has 3 heterocycles. The van der Waals surface area contributed by atoms with Crippen molar-refractivity contribution in [2.45, 2.75) is 18.9 Å². The van der Waals surface area contributed by atoms with E-state index in [1.807, 2.05) is 4.90 Å². The van der Waals surface area contributed by atoms with Crippen molar-refractivity contribution in [2.75, 3.05) is 44.6 Å². The predicted molar refractivity (Wildman–Crippen MR) is 89.8 cm³/mol. The number of hydrogen-bond donors (Lipinski definition) is 2. The maximum atomic E-state index is 12.3. The summed E-state index contributed by atoms with van der Waals surface area (Å²) in [5.74, 6) is 0.115. The molecule has 0 aliphatic carbocycles. The first-order chi connectivity index (χ1) is 10.7. The highest BCUT2D eigenvalue weighted by atomic mass is 35.5. The molecule has 2 amide bonds. The number of amides is 2. The normalized spacial score (nSPS) is 21.7. The van der Waals surface area contributed by atoms with Crippen molar-refractivity contribution >= 4 is 40.7 Å². The fourth-order valence-electron chi connectivity index (χ4n) is 2.83. The third-order valence-electron chi connectivity index (χ3n) is 4.02. The molecule has 128 valence electrons. The Balaban J connectivity index is 0.00000192. The molecule has 2 aliphatic heterocycles. The van der Waals surface area contributed by atoms with Gasteiger partial charge in [0.05, 0.1) is 12.6 Å². The second-order valence-corrected chi connectivity index (χ2v) is 6.38. The monoisotopic (exact) mass is 360 g/mol. The van der Waals surface area contributed by atoms with Crippen molar-refractivity contribution in [2.24, 2.45) is 0 Å². The van der Waals surface area contributed by atoms with Gasteiger partial charge in [-0.3, -0.25) is 19.8 Å². The lowest BCUT2D eigenvalue weighted by molar-refractivity contribution is -0.135. The van der Waals surface area contributed by atoms with Gasteiger partial charge in [0.25, 0.3) is 0 Å². The molecule has 1 unspecified atom stereocenters. The third kappa shape index (κ3) is 4.84. The number of nitrogens with one attached hydrogen (secondary N) is 2. The van der Waals surface area contributed by atoms with Crippen LogP contribution < -0.4 is 10.6 Å². The Labute approximate surface area is 145 Å². The van der Waals surface area contributed by atoms with Gasteiger partial charge in [-0.25, -0.2) is 0 Å². The van der Waals surface area contributed by atoms with Gasteiger partial charge in [-0.2, -0.15) is 0 Å². The van der Waals surface area contributed by atoms with E-state index in [-0.39, 0.29) is 30.3 Å². The first-order valence-corrected chi connectivity index (χ1v) is 8.41. The van der Waals surface area contributed by atoms with E-state index in [1.165, 1.54) is 11.3 Å². The van der Waals surface area contributed by atoms with Gasteiger partial charge >= 0.3 is 0 Å². The zero-order chi connectivity index (χ0) is 15.4. The van der Waals surface area contributed by atoms with Crippen LogP contribution in [0.4, 0.5) is 5.13 Å². The zero-order valence-electron chi connectivity index (χ0n) is 12.7. The summed E-state index contributed by atoms with van der Waals surface area (Å²) < 4.78 is 0. The van der Waals surface area contributed by atoms with Gasteiger partial charge in [-0.15, -0.1) is 22.6 Å². The minimum absolute atomic E-state index is 0. The Bertz CT molecular complexity index is 515. The summed E-state index contributed by atoms with van der Waals surface area (Å²) >= 11 is 1.30. The molecule has 1 atom stereocenters. The number of aromatic nitrogens is 2. The number of piperazine rings is 1. The molecule has 2 aliphatic rings. The van der Waals surface area contributed by atoms with Gasteiger partial charge in [0.2, 0.25) is 16.9 Å². The molecular formula is C13H21ClN6O2S. The number of carbonyl (C=O) groups excluding carboxylic acids is 2. The first-order valence-electron chi connectivity index (χ1n) is 7.53. The quantitative estimate of drug-likeness (QED) is 0.772.